The van der Waals surface area contributed by atoms with Crippen molar-refractivity contribution >= 4 is 29.3 Å². The molecule has 0 aliphatic carbocycles. The van der Waals surface area contributed by atoms with Gasteiger partial charge in [-0.1, -0.05) is 0 Å². The second kappa shape index (κ2) is 6.48. The molecule has 9 nitrogen and oxygen atoms in total. The number of nitrogens with two attached hydrogens (primary N) is 2. The number of phenolic OH excluding ortho intramolecular Hbond substituents is 2. The first-order valence-corrected chi connectivity index (χ1v) is 6.51. The highest BCUT2D eigenvalue weighted by Crippen LogP contribution is 2.34. The third-order valence-electron chi connectivity index (χ3n) is 3.00. The molecule has 0 saturated carbocycles. The predicted octanol–water partition coefficient (Wildman–Crippen LogP) is -0.528. The van der Waals surface area contributed by atoms with Gasteiger partial charge in [0.25, 0.3) is 5.91 Å². The Bertz CT molecular complexity index is 765. The van der Waals surface area contributed by atoms with E-state index >= 15 is 0 Å². The number of anilines is 1. The molecule has 0 radical (unpaired) electrons. The number of carbonyl (C=O) groups excluding carboxylic acids is 1. The largest absolute Gasteiger partial charge is 0.504 e. The lowest BCUT2D eigenvalue weighted by Crippen LogP contribution is -2.34. The van der Waals surface area contributed by atoms with Crippen molar-refractivity contribution in [3.8, 4) is 17.6 Å². The predicted molar refractivity (Wildman–Crippen MR) is 84.7 cm³/mol. The second-order valence-electron chi connectivity index (χ2n) is 4.59. The number of nitrogens with zero attached hydrogens (tertiary/aromatic N) is 3. The summed E-state index contributed by atoms with van der Waals surface area (Å²) in [7, 11) is 0. The van der Waals surface area contributed by atoms with Crippen molar-refractivity contribution in [2.45, 2.75) is 0 Å². The van der Waals surface area contributed by atoms with Crippen LogP contribution in [0.25, 0.3) is 5.70 Å². The monoisotopic (exact) mass is 314 g/mol. The molecular weight excluding hydrogens is 300 g/mol. The van der Waals surface area contributed by atoms with Crippen LogP contribution < -0.4 is 16.8 Å². The number of benzene rings is 1. The lowest BCUT2D eigenvalue weighted by Gasteiger charge is -2.10. The van der Waals surface area contributed by atoms with E-state index in [0.717, 1.165) is 6.07 Å². The van der Waals surface area contributed by atoms with Gasteiger partial charge < -0.3 is 27.0 Å². The quantitative estimate of drug-likeness (QED) is 0.212. The molecule has 1 amide bonds. The highest BCUT2D eigenvalue weighted by Gasteiger charge is 2.18. The number of nitriles is 1. The van der Waals surface area contributed by atoms with Gasteiger partial charge in [0, 0.05) is 5.56 Å². The molecule has 118 valence electrons. The Morgan fingerprint density at radius 1 is 1.35 bits per heavy atom. The van der Waals surface area contributed by atoms with Crippen LogP contribution in [-0.4, -0.2) is 41.3 Å². The molecule has 1 aliphatic rings. The van der Waals surface area contributed by atoms with Gasteiger partial charge in [0.05, 0.1) is 30.7 Å². The fourth-order valence-electron chi connectivity index (χ4n) is 1.84. The van der Waals surface area contributed by atoms with Crippen LogP contribution in [0.15, 0.2) is 27.7 Å². The van der Waals surface area contributed by atoms with Gasteiger partial charge in [-0.2, -0.15) is 5.26 Å². The van der Waals surface area contributed by atoms with Crippen LogP contribution in [0.1, 0.15) is 5.56 Å². The van der Waals surface area contributed by atoms with Gasteiger partial charge in [0.2, 0.25) is 0 Å². The molecule has 7 N–H and O–H groups in total. The van der Waals surface area contributed by atoms with Crippen molar-refractivity contribution in [1.82, 2.24) is 5.32 Å². The molecule has 0 bridgehead atoms. The fraction of sp³-hybridized carbons (Fsp3) is 0.143. The zero-order valence-electron chi connectivity index (χ0n) is 11.9. The SMILES string of the molecule is N#C/C(C(=O)NC1=NCCN=C1)=C(/N)c1cc(N)c(O)c(O)c1. The summed E-state index contributed by atoms with van der Waals surface area (Å²) in [6, 6.07) is 4.05. The first-order chi connectivity index (χ1) is 10.9. The average Bonchev–Trinajstić information content (AvgIpc) is 2.53. The topological polar surface area (TPSA) is 170 Å². The average molecular weight is 314 g/mol. The number of nitrogen functional groups attached to an aromatic ring is 1. The molecule has 1 heterocycles. The zero-order valence-corrected chi connectivity index (χ0v) is 11.9. The van der Waals surface area contributed by atoms with Crippen molar-refractivity contribution in [3.05, 3.63) is 23.3 Å². The molecule has 0 spiro atoms. The Morgan fingerprint density at radius 3 is 2.65 bits per heavy atom. The maximum Gasteiger partial charge on any atom is 0.269 e. The van der Waals surface area contributed by atoms with Crippen LogP contribution in [0.2, 0.25) is 0 Å². The summed E-state index contributed by atoms with van der Waals surface area (Å²) in [6.07, 6.45) is 1.39. The van der Waals surface area contributed by atoms with Crippen molar-refractivity contribution in [1.29, 1.82) is 5.26 Å². The Balaban J connectivity index is 2.36. The molecule has 1 aromatic rings. The fourth-order valence-corrected chi connectivity index (χ4v) is 1.84. The van der Waals surface area contributed by atoms with Gasteiger partial charge in [-0.15, -0.1) is 0 Å². The smallest absolute Gasteiger partial charge is 0.269 e. The molecule has 23 heavy (non-hydrogen) atoms. The number of rotatable bonds is 2. The molecule has 2 rings (SSSR count). The Labute approximate surface area is 131 Å². The van der Waals surface area contributed by atoms with Gasteiger partial charge >= 0.3 is 0 Å². The van der Waals surface area contributed by atoms with E-state index in [2.05, 4.69) is 15.3 Å². The molecule has 1 aliphatic heterocycles. The number of aromatic hydroxyl groups is 2. The number of hydrogen-bond acceptors (Lipinski definition) is 8. The molecule has 1 aromatic carbocycles. The zero-order chi connectivity index (χ0) is 17.0. The highest BCUT2D eigenvalue weighted by atomic mass is 16.3. The van der Waals surface area contributed by atoms with Crippen molar-refractivity contribution in [3.63, 3.8) is 0 Å². The van der Waals surface area contributed by atoms with E-state index in [1.807, 2.05) is 0 Å². The lowest BCUT2D eigenvalue weighted by molar-refractivity contribution is -0.115. The van der Waals surface area contributed by atoms with Crippen LogP contribution in [0.5, 0.6) is 11.5 Å². The van der Waals surface area contributed by atoms with E-state index in [4.69, 9.17) is 11.5 Å². The van der Waals surface area contributed by atoms with Crippen molar-refractivity contribution < 1.29 is 15.0 Å². The number of aliphatic imine (C=N–C) groups is 2. The van der Waals surface area contributed by atoms with Gasteiger partial charge in [-0.25, -0.2) is 0 Å². The van der Waals surface area contributed by atoms with Crippen molar-refractivity contribution in [2.75, 3.05) is 18.8 Å². The van der Waals surface area contributed by atoms with Crippen LogP contribution >= 0.6 is 0 Å². The summed E-state index contributed by atoms with van der Waals surface area (Å²) in [6.45, 7) is 0.976. The van der Waals surface area contributed by atoms with Gasteiger partial charge in [-0.05, 0) is 12.1 Å². The first kappa shape index (κ1) is 15.8. The maximum atomic E-state index is 12.1. The number of hydrogen-bond donors (Lipinski definition) is 5. The Morgan fingerprint density at radius 2 is 2.09 bits per heavy atom. The van der Waals surface area contributed by atoms with E-state index < -0.39 is 17.4 Å². The maximum absolute atomic E-state index is 12.1. The minimum Gasteiger partial charge on any atom is -0.504 e. The molecular formula is C14H14N6O3. The van der Waals surface area contributed by atoms with Gasteiger partial charge in [0.1, 0.15) is 17.5 Å². The summed E-state index contributed by atoms with van der Waals surface area (Å²) in [4.78, 5) is 20.1. The molecule has 9 heteroatoms. The second-order valence-corrected chi connectivity index (χ2v) is 4.59. The number of carbonyl (C=O) groups is 1. The van der Waals surface area contributed by atoms with Crippen LogP contribution in [0.4, 0.5) is 5.69 Å². The van der Waals surface area contributed by atoms with Gasteiger partial charge in [-0.3, -0.25) is 14.8 Å². The van der Waals surface area contributed by atoms with Gasteiger partial charge in [0.15, 0.2) is 11.5 Å². The summed E-state index contributed by atoms with van der Waals surface area (Å²) in [5, 5.41) is 30.6. The normalized spacial score (nSPS) is 14.5. The summed E-state index contributed by atoms with van der Waals surface area (Å²) in [5.74, 6) is -1.54. The van der Waals surface area contributed by atoms with E-state index in [-0.39, 0.29) is 28.4 Å². The summed E-state index contributed by atoms with van der Waals surface area (Å²) >= 11 is 0. The van der Waals surface area contributed by atoms with Crippen LogP contribution in [0, 0.1) is 11.3 Å². The van der Waals surface area contributed by atoms with Crippen LogP contribution in [-0.2, 0) is 4.79 Å². The summed E-state index contributed by atoms with van der Waals surface area (Å²) in [5.41, 5.74) is 10.8. The summed E-state index contributed by atoms with van der Waals surface area (Å²) < 4.78 is 0. The van der Waals surface area contributed by atoms with E-state index in [1.54, 1.807) is 6.07 Å². The van der Waals surface area contributed by atoms with Crippen molar-refractivity contribution in [2.24, 2.45) is 15.7 Å². The molecule has 0 atom stereocenters. The van der Waals surface area contributed by atoms with E-state index in [9.17, 15) is 20.3 Å². The minimum atomic E-state index is -0.761. The minimum absolute atomic E-state index is 0.128. The Kier molecular flexibility index (Phi) is 4.47. The highest BCUT2D eigenvalue weighted by molar-refractivity contribution is 6.34. The Hall–Kier alpha value is -3.54. The molecule has 0 fully saturated rings. The molecule has 0 unspecified atom stereocenters. The van der Waals surface area contributed by atoms with E-state index in [0.29, 0.717) is 13.1 Å². The third-order valence-corrected chi connectivity index (χ3v) is 3.00. The third kappa shape index (κ3) is 3.38. The number of nitrogens with one attached hydrogen (secondary N) is 1. The van der Waals surface area contributed by atoms with E-state index in [1.165, 1.54) is 12.3 Å². The lowest BCUT2D eigenvalue weighted by atomic mass is 10.1. The standard InChI is InChI=1S/C14H14N6O3/c15-5-8(14(23)20-11-6-18-1-2-19-11)12(17)7-3-9(16)13(22)10(21)4-7/h3-4,6,21-22H,1-2,16-17H2,(H,19,20,23)/b12-8-. The number of amides is 1. The number of phenols is 2. The molecule has 0 saturated heterocycles. The van der Waals surface area contributed by atoms with Crippen LogP contribution in [0.3, 0.4) is 0 Å². The first-order valence-electron chi connectivity index (χ1n) is 6.51. The molecule has 0 aromatic heterocycles. The number of amidine groups is 1.